The Bertz CT molecular complexity index is 884. The molecule has 0 N–H and O–H groups in total. The molecule has 128 valence electrons. The highest BCUT2D eigenvalue weighted by molar-refractivity contribution is 6.30. The van der Waals surface area contributed by atoms with Crippen molar-refractivity contribution in [3.63, 3.8) is 0 Å². The quantitative estimate of drug-likeness (QED) is 0.702. The Hall–Kier alpha value is -2.80. The lowest BCUT2D eigenvalue weighted by Crippen LogP contribution is -2.27. The van der Waals surface area contributed by atoms with Gasteiger partial charge in [-0.15, -0.1) is 5.10 Å². The van der Waals surface area contributed by atoms with Gasteiger partial charge in [-0.25, -0.2) is 9.07 Å². The van der Waals surface area contributed by atoms with Crippen LogP contribution in [0.15, 0.2) is 48.8 Å². The SMILES string of the molecule is CN(Cc1ccc(Cl)cc1F)C(=O)c1cn(Cc2ccccn2)nn1. The number of amides is 1. The Kier molecular flexibility index (Phi) is 5.04. The number of halogens is 2. The summed E-state index contributed by atoms with van der Waals surface area (Å²) in [5.41, 5.74) is 1.37. The fourth-order valence-corrected chi connectivity index (χ4v) is 2.46. The monoisotopic (exact) mass is 359 g/mol. The third-order valence-corrected chi connectivity index (χ3v) is 3.81. The standard InChI is InChI=1S/C17H15ClFN5O/c1-23(9-12-5-6-13(18)8-15(12)19)17(25)16-11-24(22-21-16)10-14-4-2-3-7-20-14/h2-8,11H,9-10H2,1H3. The third-order valence-electron chi connectivity index (χ3n) is 3.58. The van der Waals surface area contributed by atoms with Gasteiger partial charge in [0.1, 0.15) is 5.82 Å². The normalized spacial score (nSPS) is 10.7. The zero-order valence-electron chi connectivity index (χ0n) is 13.4. The first-order valence-corrected chi connectivity index (χ1v) is 7.90. The number of aromatic nitrogens is 4. The van der Waals surface area contributed by atoms with Crippen LogP contribution < -0.4 is 0 Å². The summed E-state index contributed by atoms with van der Waals surface area (Å²) in [6.07, 6.45) is 3.23. The van der Waals surface area contributed by atoms with Crippen LogP contribution in [0.25, 0.3) is 0 Å². The number of carbonyl (C=O) groups is 1. The molecule has 25 heavy (non-hydrogen) atoms. The molecule has 0 bridgehead atoms. The van der Waals surface area contributed by atoms with Crippen LogP contribution in [0.2, 0.25) is 5.02 Å². The second kappa shape index (κ2) is 7.40. The lowest BCUT2D eigenvalue weighted by molar-refractivity contribution is 0.0778. The molecule has 0 aliphatic heterocycles. The molecule has 1 aromatic carbocycles. The van der Waals surface area contributed by atoms with Crippen LogP contribution in [0.3, 0.4) is 0 Å². The molecule has 3 rings (SSSR count). The van der Waals surface area contributed by atoms with E-state index in [4.69, 9.17) is 11.6 Å². The predicted octanol–water partition coefficient (Wildman–Crippen LogP) is 2.79. The molecule has 0 unspecified atom stereocenters. The van der Waals surface area contributed by atoms with Gasteiger partial charge in [0.05, 0.1) is 18.4 Å². The van der Waals surface area contributed by atoms with Crippen molar-refractivity contribution in [2.75, 3.05) is 7.05 Å². The van der Waals surface area contributed by atoms with Gasteiger partial charge in [0.25, 0.3) is 5.91 Å². The number of nitrogens with zero attached hydrogens (tertiary/aromatic N) is 5. The Morgan fingerprint density at radius 1 is 1.32 bits per heavy atom. The van der Waals surface area contributed by atoms with Crippen molar-refractivity contribution in [3.05, 3.63) is 76.6 Å². The fraction of sp³-hybridized carbons (Fsp3) is 0.176. The van der Waals surface area contributed by atoms with E-state index in [0.717, 1.165) is 5.69 Å². The Morgan fingerprint density at radius 3 is 2.88 bits per heavy atom. The van der Waals surface area contributed by atoms with Crippen molar-refractivity contribution in [3.8, 4) is 0 Å². The van der Waals surface area contributed by atoms with Crippen LogP contribution in [0.1, 0.15) is 21.7 Å². The van der Waals surface area contributed by atoms with Gasteiger partial charge in [0, 0.05) is 30.4 Å². The van der Waals surface area contributed by atoms with Crippen LogP contribution in [0.5, 0.6) is 0 Å². The van der Waals surface area contributed by atoms with E-state index in [-0.39, 0.29) is 18.1 Å². The first-order chi connectivity index (χ1) is 12.0. The zero-order chi connectivity index (χ0) is 17.8. The average Bonchev–Trinajstić information content (AvgIpc) is 3.06. The maximum Gasteiger partial charge on any atom is 0.276 e. The van der Waals surface area contributed by atoms with Crippen LogP contribution in [0.4, 0.5) is 4.39 Å². The Morgan fingerprint density at radius 2 is 2.16 bits per heavy atom. The maximum absolute atomic E-state index is 13.9. The molecule has 0 saturated heterocycles. The van der Waals surface area contributed by atoms with E-state index >= 15 is 0 Å². The third kappa shape index (κ3) is 4.19. The maximum atomic E-state index is 13.9. The molecule has 2 heterocycles. The largest absolute Gasteiger partial charge is 0.336 e. The molecule has 3 aromatic rings. The van der Waals surface area contributed by atoms with E-state index in [1.807, 2.05) is 18.2 Å². The van der Waals surface area contributed by atoms with Gasteiger partial charge in [-0.3, -0.25) is 9.78 Å². The molecule has 8 heteroatoms. The van der Waals surface area contributed by atoms with Crippen molar-refractivity contribution in [2.45, 2.75) is 13.1 Å². The minimum absolute atomic E-state index is 0.106. The Labute approximate surface area is 148 Å². The molecule has 0 aliphatic rings. The van der Waals surface area contributed by atoms with Crippen molar-refractivity contribution in [2.24, 2.45) is 0 Å². The first kappa shape index (κ1) is 17.0. The molecule has 0 atom stereocenters. The number of carbonyl (C=O) groups excluding carboxylic acids is 1. The van der Waals surface area contributed by atoms with Gasteiger partial charge in [0.2, 0.25) is 0 Å². The summed E-state index contributed by atoms with van der Waals surface area (Å²) in [6, 6.07) is 9.92. The molecule has 6 nitrogen and oxygen atoms in total. The molecular weight excluding hydrogens is 345 g/mol. The summed E-state index contributed by atoms with van der Waals surface area (Å²) in [5.74, 6) is -0.799. The summed E-state index contributed by atoms with van der Waals surface area (Å²) in [4.78, 5) is 18.0. The lowest BCUT2D eigenvalue weighted by atomic mass is 10.2. The second-order valence-electron chi connectivity index (χ2n) is 5.52. The van der Waals surface area contributed by atoms with Gasteiger partial charge in [0.15, 0.2) is 5.69 Å². The van der Waals surface area contributed by atoms with Crippen molar-refractivity contribution in [1.82, 2.24) is 24.9 Å². The number of benzene rings is 1. The van der Waals surface area contributed by atoms with Crippen molar-refractivity contribution >= 4 is 17.5 Å². The van der Waals surface area contributed by atoms with E-state index < -0.39 is 5.82 Å². The molecule has 0 radical (unpaired) electrons. The van der Waals surface area contributed by atoms with E-state index in [1.165, 1.54) is 15.6 Å². The van der Waals surface area contributed by atoms with Gasteiger partial charge in [-0.05, 0) is 24.3 Å². The molecule has 0 saturated carbocycles. The van der Waals surface area contributed by atoms with Gasteiger partial charge in [-0.1, -0.05) is 28.9 Å². The van der Waals surface area contributed by atoms with Crippen LogP contribution in [0, 0.1) is 5.82 Å². The Balaban J connectivity index is 1.68. The smallest absolute Gasteiger partial charge is 0.276 e. The summed E-state index contributed by atoms with van der Waals surface area (Å²) in [5, 5.41) is 8.14. The fourth-order valence-electron chi connectivity index (χ4n) is 2.30. The average molecular weight is 360 g/mol. The summed E-state index contributed by atoms with van der Waals surface area (Å²) in [6.45, 7) is 0.519. The van der Waals surface area contributed by atoms with Gasteiger partial charge >= 0.3 is 0 Å². The molecule has 0 spiro atoms. The number of hydrogen-bond donors (Lipinski definition) is 0. The van der Waals surface area contributed by atoms with E-state index in [0.29, 0.717) is 17.1 Å². The molecule has 2 aromatic heterocycles. The van der Waals surface area contributed by atoms with Crippen LogP contribution in [-0.2, 0) is 13.1 Å². The minimum Gasteiger partial charge on any atom is -0.336 e. The predicted molar refractivity (Wildman–Crippen MR) is 90.6 cm³/mol. The first-order valence-electron chi connectivity index (χ1n) is 7.52. The van der Waals surface area contributed by atoms with E-state index in [9.17, 15) is 9.18 Å². The van der Waals surface area contributed by atoms with Crippen LogP contribution in [-0.4, -0.2) is 37.8 Å². The number of hydrogen-bond acceptors (Lipinski definition) is 4. The molecule has 1 amide bonds. The molecule has 0 aliphatic carbocycles. The van der Waals surface area contributed by atoms with Crippen molar-refractivity contribution < 1.29 is 9.18 Å². The topological polar surface area (TPSA) is 63.9 Å². The summed E-state index contributed by atoms with van der Waals surface area (Å²) >= 11 is 5.73. The van der Waals surface area contributed by atoms with Gasteiger partial charge < -0.3 is 4.90 Å². The number of pyridine rings is 1. The van der Waals surface area contributed by atoms with E-state index in [1.54, 1.807) is 31.6 Å². The molecular formula is C17H15ClFN5O. The minimum atomic E-state index is -0.453. The van der Waals surface area contributed by atoms with E-state index in [2.05, 4.69) is 15.3 Å². The zero-order valence-corrected chi connectivity index (χ0v) is 14.2. The lowest BCUT2D eigenvalue weighted by Gasteiger charge is -2.16. The highest BCUT2D eigenvalue weighted by Gasteiger charge is 2.17. The molecule has 0 fully saturated rings. The highest BCUT2D eigenvalue weighted by atomic mass is 35.5. The highest BCUT2D eigenvalue weighted by Crippen LogP contribution is 2.16. The van der Waals surface area contributed by atoms with Gasteiger partial charge in [-0.2, -0.15) is 0 Å². The second-order valence-corrected chi connectivity index (χ2v) is 5.96. The van der Waals surface area contributed by atoms with Crippen LogP contribution >= 0.6 is 11.6 Å². The van der Waals surface area contributed by atoms with Crippen molar-refractivity contribution in [1.29, 1.82) is 0 Å². The summed E-state index contributed by atoms with van der Waals surface area (Å²) in [7, 11) is 1.58. The summed E-state index contributed by atoms with van der Waals surface area (Å²) < 4.78 is 15.4. The number of rotatable bonds is 5.